The Morgan fingerprint density at radius 1 is 1.05 bits per heavy atom. The molecule has 6 heterocycles. The van der Waals surface area contributed by atoms with Gasteiger partial charge in [0.15, 0.2) is 28.8 Å². The first-order valence-electron chi connectivity index (χ1n) is 17.8. The quantitative estimate of drug-likeness (QED) is 0.110. The zero-order valence-corrected chi connectivity index (χ0v) is 29.7. The number of hydrogen-bond donors (Lipinski definition) is 7. The van der Waals surface area contributed by atoms with Crippen molar-refractivity contribution in [3.05, 3.63) is 77.6 Å². The molecule has 1 fully saturated rings. The molecule has 16 heteroatoms. The summed E-state index contributed by atoms with van der Waals surface area (Å²) in [6.07, 6.45) is -5.20. The summed E-state index contributed by atoms with van der Waals surface area (Å²) in [5.74, 6) is -0.554. The Hall–Kier alpha value is -5.52. The number of carbonyl (C=O) groups is 2. The molecule has 0 saturated carbocycles. The minimum Gasteiger partial charge on any atom is -0.493 e. The summed E-state index contributed by atoms with van der Waals surface area (Å²) in [5, 5.41) is 48.7. The first kappa shape index (κ1) is 35.2. The van der Waals surface area contributed by atoms with Gasteiger partial charge in [-0.2, -0.15) is 0 Å². The highest BCUT2D eigenvalue weighted by Gasteiger charge is 2.66. The number of H-pyrrole nitrogens is 1. The molecule has 55 heavy (non-hydrogen) atoms. The number of rotatable bonds is 6. The van der Waals surface area contributed by atoms with Gasteiger partial charge in [0.1, 0.15) is 42.4 Å². The minimum absolute atomic E-state index is 0.139. The van der Waals surface area contributed by atoms with E-state index in [1.54, 1.807) is 20.3 Å². The zero-order valence-electron chi connectivity index (χ0n) is 29.7. The molecule has 3 aromatic carbocycles. The first-order chi connectivity index (χ1) is 26.5. The smallest absolute Gasteiger partial charge is 0.317 e. The number of methoxy groups -OCH3 is 2. The largest absolute Gasteiger partial charge is 0.493 e. The summed E-state index contributed by atoms with van der Waals surface area (Å²) in [7, 11) is 3.11. The van der Waals surface area contributed by atoms with Crippen LogP contribution in [-0.2, 0) is 25.5 Å². The highest BCUT2D eigenvalue weighted by Crippen LogP contribution is 2.60. The molecule has 0 radical (unpaired) electrons. The van der Waals surface area contributed by atoms with Crippen LogP contribution >= 0.6 is 0 Å². The molecule has 4 aromatic rings. The number of aromatic nitrogens is 1. The highest BCUT2D eigenvalue weighted by molar-refractivity contribution is 5.98. The van der Waals surface area contributed by atoms with Gasteiger partial charge in [-0.05, 0) is 37.3 Å². The summed E-state index contributed by atoms with van der Waals surface area (Å²) in [6.45, 7) is 0.253. The van der Waals surface area contributed by atoms with Crippen LogP contribution in [-0.4, -0.2) is 100 Å². The number of carboxylic acids is 1. The molecule has 9 atom stereocenters. The number of nitrogens with two attached hydrogens (primary N) is 1. The summed E-state index contributed by atoms with van der Waals surface area (Å²) in [5.41, 5.74) is 6.72. The van der Waals surface area contributed by atoms with Crippen LogP contribution in [0.15, 0.2) is 60.9 Å². The summed E-state index contributed by atoms with van der Waals surface area (Å²) < 4.78 is 43.1. The van der Waals surface area contributed by atoms with E-state index < -0.39 is 66.4 Å². The second-order valence-electron chi connectivity index (χ2n) is 14.4. The molecule has 0 unspecified atom stereocenters. The van der Waals surface area contributed by atoms with Gasteiger partial charge in [-0.15, -0.1) is 0 Å². The standard InChI is InChI=1S/C39H39N3O13/c1-49-23-8-7-18-21-16-51-25-13-24-19(28(20-15-42-22-6-4-3-5-17(20)22)29(25)30(21)54-31(18)32(23)50-2)9-10-38(48)33(46)34(47)39(55-37(38)52-24)11-12-41-36(40)35(39)53-27(45)14-26(43)44/h3-8,11-13,15,21,30,33-37,41-42,46-48H,9-10,14,16,40H2,1-2H3,(H,43,44)/t21-,30+,33-,34-,35+,36-,37+,38+,39-/m0/s1. The van der Waals surface area contributed by atoms with Crippen molar-refractivity contribution in [3.63, 3.8) is 0 Å². The number of ether oxygens (including phenoxy) is 7. The Bertz CT molecular complexity index is 2260. The maximum atomic E-state index is 12.6. The molecule has 0 bridgehead atoms. The second-order valence-corrected chi connectivity index (χ2v) is 14.4. The van der Waals surface area contributed by atoms with Crippen molar-refractivity contribution >= 4 is 22.8 Å². The number of carbonyl (C=O) groups excluding carboxylic acids is 1. The van der Waals surface area contributed by atoms with Gasteiger partial charge in [0.2, 0.25) is 12.0 Å². The molecule has 1 spiro atoms. The van der Waals surface area contributed by atoms with Gasteiger partial charge in [-0.25, -0.2) is 0 Å². The molecule has 0 aliphatic carbocycles. The van der Waals surface area contributed by atoms with Crippen LogP contribution in [0.1, 0.15) is 41.6 Å². The van der Waals surface area contributed by atoms with Gasteiger partial charge in [-0.1, -0.05) is 24.3 Å². The van der Waals surface area contributed by atoms with E-state index in [4.69, 9.17) is 38.9 Å². The molecule has 5 aliphatic rings. The number of para-hydroxylation sites is 1. The monoisotopic (exact) mass is 757 g/mol. The van der Waals surface area contributed by atoms with E-state index in [0.29, 0.717) is 28.6 Å². The Morgan fingerprint density at radius 3 is 2.65 bits per heavy atom. The van der Waals surface area contributed by atoms with E-state index in [2.05, 4.69) is 10.3 Å². The summed E-state index contributed by atoms with van der Waals surface area (Å²) >= 11 is 0. The van der Waals surface area contributed by atoms with E-state index in [1.807, 2.05) is 42.6 Å². The fraction of sp³-hybridized carbons (Fsp3) is 0.385. The van der Waals surface area contributed by atoms with Gasteiger partial charge in [0, 0.05) is 51.0 Å². The van der Waals surface area contributed by atoms with Gasteiger partial charge in [0.25, 0.3) is 0 Å². The number of esters is 1. The van der Waals surface area contributed by atoms with Gasteiger partial charge in [-0.3, -0.25) is 9.59 Å². The fourth-order valence-electron chi connectivity index (χ4n) is 8.80. The minimum atomic E-state index is -2.20. The lowest BCUT2D eigenvalue weighted by Gasteiger charge is -2.55. The molecular weight excluding hydrogens is 718 g/mol. The van der Waals surface area contributed by atoms with Crippen molar-refractivity contribution < 1.29 is 63.2 Å². The number of aliphatic hydroxyl groups excluding tert-OH is 2. The van der Waals surface area contributed by atoms with E-state index in [1.165, 1.54) is 12.3 Å². The number of fused-ring (bicyclic) bond motifs is 8. The fourth-order valence-corrected chi connectivity index (χ4v) is 8.80. The number of hydrogen-bond acceptors (Lipinski definition) is 14. The van der Waals surface area contributed by atoms with Crippen molar-refractivity contribution in [1.29, 1.82) is 0 Å². The van der Waals surface area contributed by atoms with E-state index in [0.717, 1.165) is 33.2 Å². The number of carboxylic acid groups (broad SMARTS) is 1. The van der Waals surface area contributed by atoms with Crippen molar-refractivity contribution in [3.8, 4) is 39.9 Å². The molecule has 288 valence electrons. The second kappa shape index (κ2) is 12.8. The third-order valence-electron chi connectivity index (χ3n) is 11.5. The average molecular weight is 758 g/mol. The number of aromatic amines is 1. The molecule has 1 aromatic heterocycles. The Morgan fingerprint density at radius 2 is 1.87 bits per heavy atom. The van der Waals surface area contributed by atoms with E-state index in [9.17, 15) is 30.0 Å². The molecule has 5 aliphatic heterocycles. The lowest BCUT2D eigenvalue weighted by atomic mass is 9.73. The highest BCUT2D eigenvalue weighted by atomic mass is 16.7. The molecule has 0 amide bonds. The van der Waals surface area contributed by atoms with E-state index in [-0.39, 0.29) is 31.1 Å². The third kappa shape index (κ3) is 5.16. The number of aliphatic carboxylic acids is 1. The summed E-state index contributed by atoms with van der Waals surface area (Å²) in [4.78, 5) is 27.3. The maximum Gasteiger partial charge on any atom is 0.317 e. The molecule has 1 saturated heterocycles. The van der Waals surface area contributed by atoms with Crippen molar-refractivity contribution in [2.24, 2.45) is 5.73 Å². The molecule has 16 nitrogen and oxygen atoms in total. The lowest BCUT2D eigenvalue weighted by Crippen LogP contribution is -2.77. The van der Waals surface area contributed by atoms with Gasteiger partial charge in [0.05, 0.1) is 26.7 Å². The molecule has 9 rings (SSSR count). The van der Waals surface area contributed by atoms with Crippen molar-refractivity contribution in [1.82, 2.24) is 10.3 Å². The van der Waals surface area contributed by atoms with Gasteiger partial charge < -0.3 is 69.6 Å². The zero-order chi connectivity index (χ0) is 38.4. The predicted molar refractivity (Wildman–Crippen MR) is 191 cm³/mol. The van der Waals surface area contributed by atoms with Crippen LogP contribution in [0.5, 0.6) is 28.7 Å². The topological polar surface area (TPSA) is 234 Å². The summed E-state index contributed by atoms with van der Waals surface area (Å²) in [6, 6.07) is 13.3. The molecule has 8 N–H and O–H groups in total. The normalized spacial score (nSPS) is 31.2. The van der Waals surface area contributed by atoms with Crippen LogP contribution in [0.2, 0.25) is 0 Å². The first-order valence-corrected chi connectivity index (χ1v) is 17.8. The van der Waals surface area contributed by atoms with Crippen molar-refractivity contribution in [2.45, 2.75) is 73.3 Å². The number of nitrogens with one attached hydrogen (secondary N) is 2. The van der Waals surface area contributed by atoms with Gasteiger partial charge >= 0.3 is 11.9 Å². The number of benzene rings is 3. The third-order valence-corrected chi connectivity index (χ3v) is 11.5. The predicted octanol–water partition coefficient (Wildman–Crippen LogP) is 2.12. The molecular formula is C39H39N3O13. The lowest BCUT2D eigenvalue weighted by molar-refractivity contribution is -0.354. The average Bonchev–Trinajstić information content (AvgIpc) is 3.73. The number of aliphatic hydroxyl groups is 3. The Kier molecular flexibility index (Phi) is 8.18. The Balaban J connectivity index is 1.18. The van der Waals surface area contributed by atoms with Crippen LogP contribution in [0.4, 0.5) is 0 Å². The Labute approximate surface area is 313 Å². The van der Waals surface area contributed by atoms with Crippen LogP contribution in [0.3, 0.4) is 0 Å². The maximum absolute atomic E-state index is 12.6. The van der Waals surface area contributed by atoms with Crippen LogP contribution in [0, 0.1) is 0 Å². The van der Waals surface area contributed by atoms with E-state index >= 15 is 0 Å². The van der Waals surface area contributed by atoms with Crippen LogP contribution in [0.25, 0.3) is 22.0 Å². The SMILES string of the molecule is COc1ccc2c(c1OC)O[C@H]1c3c(cc4c(c3-c3c[nH]c5ccccc35)CC[C@]3(O)[C@H](O4)O[C@@]4(C=CN[C@H](N)[C@H]4OC(=O)CC(=O)O)[C@@H](O)[C@@H]3O)OC[C@@H]21. The van der Waals surface area contributed by atoms with Crippen LogP contribution < -0.4 is 34.7 Å². The van der Waals surface area contributed by atoms with Crippen molar-refractivity contribution in [2.75, 3.05) is 20.8 Å².